The summed E-state index contributed by atoms with van der Waals surface area (Å²) >= 11 is 7.67. The van der Waals surface area contributed by atoms with Crippen LogP contribution in [0.3, 0.4) is 0 Å². The molecule has 0 saturated heterocycles. The lowest BCUT2D eigenvalue weighted by Crippen LogP contribution is -2.31. The number of thiophene rings is 1. The van der Waals surface area contributed by atoms with Crippen molar-refractivity contribution in [3.8, 4) is 5.75 Å². The van der Waals surface area contributed by atoms with E-state index in [9.17, 15) is 5.11 Å². The maximum atomic E-state index is 9.37. The Morgan fingerprint density at radius 1 is 1.32 bits per heavy atom. The third-order valence-corrected chi connectivity index (χ3v) is 4.63. The van der Waals surface area contributed by atoms with E-state index in [0.29, 0.717) is 5.02 Å². The van der Waals surface area contributed by atoms with Crippen LogP contribution in [0.15, 0.2) is 35.7 Å². The van der Waals surface area contributed by atoms with Crippen molar-refractivity contribution in [1.29, 1.82) is 0 Å². The Bertz CT molecular complexity index is 537. The maximum Gasteiger partial charge on any atom is 0.134 e. The lowest BCUT2D eigenvalue weighted by Gasteiger charge is -2.23. The summed E-state index contributed by atoms with van der Waals surface area (Å²) in [6, 6.07) is 9.56. The SMILES string of the molecule is CC(C)(CNCc1ccc(O)c(Cl)c1)c1cccs1. The average molecular weight is 296 g/mol. The number of phenols is 1. The van der Waals surface area contributed by atoms with Gasteiger partial charge in [-0.3, -0.25) is 0 Å². The van der Waals surface area contributed by atoms with E-state index in [0.717, 1.165) is 18.7 Å². The summed E-state index contributed by atoms with van der Waals surface area (Å²) in [6.07, 6.45) is 0. The normalized spacial score (nSPS) is 11.7. The average Bonchev–Trinajstić information content (AvgIpc) is 2.88. The molecule has 4 heteroatoms. The second-order valence-corrected chi connectivity index (χ2v) is 6.61. The number of aromatic hydroxyl groups is 1. The van der Waals surface area contributed by atoms with E-state index in [-0.39, 0.29) is 11.2 Å². The highest BCUT2D eigenvalue weighted by Crippen LogP contribution is 2.27. The second kappa shape index (κ2) is 5.95. The molecule has 0 atom stereocenters. The van der Waals surface area contributed by atoms with Gasteiger partial charge in [-0.25, -0.2) is 0 Å². The number of hydrogen-bond acceptors (Lipinski definition) is 3. The van der Waals surface area contributed by atoms with Gasteiger partial charge in [-0.15, -0.1) is 11.3 Å². The number of rotatable bonds is 5. The van der Waals surface area contributed by atoms with Crippen LogP contribution in [-0.2, 0) is 12.0 Å². The molecule has 0 aliphatic carbocycles. The predicted octanol–water partition coefficient (Wildman–Crippen LogP) is 4.17. The summed E-state index contributed by atoms with van der Waals surface area (Å²) in [5.41, 5.74) is 1.19. The molecule has 0 radical (unpaired) electrons. The molecule has 1 aromatic carbocycles. The van der Waals surface area contributed by atoms with Crippen molar-refractivity contribution in [2.24, 2.45) is 0 Å². The largest absolute Gasteiger partial charge is 0.506 e. The van der Waals surface area contributed by atoms with E-state index in [1.54, 1.807) is 23.5 Å². The third-order valence-electron chi connectivity index (χ3n) is 3.10. The minimum Gasteiger partial charge on any atom is -0.506 e. The molecule has 1 heterocycles. The van der Waals surface area contributed by atoms with E-state index in [1.165, 1.54) is 4.88 Å². The third kappa shape index (κ3) is 3.72. The molecule has 2 aromatic rings. The van der Waals surface area contributed by atoms with Crippen molar-refractivity contribution in [3.63, 3.8) is 0 Å². The molecule has 0 saturated carbocycles. The minimum absolute atomic E-state index is 0.120. The summed E-state index contributed by atoms with van der Waals surface area (Å²) in [4.78, 5) is 1.38. The topological polar surface area (TPSA) is 32.3 Å². The molecule has 0 amide bonds. The molecular formula is C15H18ClNOS. The first-order chi connectivity index (χ1) is 8.99. The highest BCUT2D eigenvalue weighted by atomic mass is 35.5. The minimum atomic E-state index is 0.120. The van der Waals surface area contributed by atoms with Crippen molar-refractivity contribution < 1.29 is 5.11 Å². The first-order valence-corrected chi connectivity index (χ1v) is 7.47. The first-order valence-electron chi connectivity index (χ1n) is 6.21. The zero-order valence-corrected chi connectivity index (χ0v) is 12.7. The van der Waals surface area contributed by atoms with Crippen LogP contribution >= 0.6 is 22.9 Å². The van der Waals surface area contributed by atoms with E-state index >= 15 is 0 Å². The maximum absolute atomic E-state index is 9.37. The quantitative estimate of drug-likeness (QED) is 0.867. The number of halogens is 1. The highest BCUT2D eigenvalue weighted by molar-refractivity contribution is 7.10. The van der Waals surface area contributed by atoms with Crippen molar-refractivity contribution in [2.75, 3.05) is 6.54 Å². The number of benzene rings is 1. The predicted molar refractivity (Wildman–Crippen MR) is 82.2 cm³/mol. The Morgan fingerprint density at radius 3 is 2.74 bits per heavy atom. The monoisotopic (exact) mass is 295 g/mol. The van der Waals surface area contributed by atoms with Crippen LogP contribution in [0.1, 0.15) is 24.3 Å². The zero-order chi connectivity index (χ0) is 13.9. The first kappa shape index (κ1) is 14.4. The molecule has 2 rings (SSSR count). The molecule has 0 unspecified atom stereocenters. The number of nitrogens with one attached hydrogen (secondary N) is 1. The van der Waals surface area contributed by atoms with Crippen LogP contribution < -0.4 is 5.32 Å². The molecule has 19 heavy (non-hydrogen) atoms. The van der Waals surface area contributed by atoms with Gasteiger partial charge < -0.3 is 10.4 Å². The Hall–Kier alpha value is -1.03. The standard InChI is InChI=1S/C15H18ClNOS/c1-15(2,14-4-3-7-19-14)10-17-9-11-5-6-13(18)12(16)8-11/h3-8,17-18H,9-10H2,1-2H3. The summed E-state index contributed by atoms with van der Waals surface area (Å²) < 4.78 is 0. The van der Waals surface area contributed by atoms with Crippen LogP contribution in [0.25, 0.3) is 0 Å². The van der Waals surface area contributed by atoms with E-state index in [4.69, 9.17) is 11.6 Å². The van der Waals surface area contributed by atoms with Gasteiger partial charge in [0.15, 0.2) is 0 Å². The Labute approximate surface area is 123 Å². The van der Waals surface area contributed by atoms with Gasteiger partial charge in [-0.2, -0.15) is 0 Å². The molecule has 102 valence electrons. The lowest BCUT2D eigenvalue weighted by atomic mass is 9.91. The van der Waals surface area contributed by atoms with Gasteiger partial charge in [0, 0.05) is 23.4 Å². The van der Waals surface area contributed by atoms with Crippen LogP contribution in [-0.4, -0.2) is 11.7 Å². The molecule has 0 aliphatic heterocycles. The second-order valence-electron chi connectivity index (χ2n) is 5.25. The number of hydrogen-bond donors (Lipinski definition) is 2. The Morgan fingerprint density at radius 2 is 2.11 bits per heavy atom. The highest BCUT2D eigenvalue weighted by Gasteiger charge is 2.20. The summed E-state index contributed by atoms with van der Waals surface area (Å²) in [5, 5.41) is 15.3. The fraction of sp³-hybridized carbons (Fsp3) is 0.333. The fourth-order valence-electron chi connectivity index (χ4n) is 1.93. The van der Waals surface area contributed by atoms with Gasteiger partial charge >= 0.3 is 0 Å². The summed E-state index contributed by atoms with van der Waals surface area (Å²) in [6.45, 7) is 6.10. The van der Waals surface area contributed by atoms with Crippen molar-refractivity contribution in [2.45, 2.75) is 25.8 Å². The number of phenolic OH excluding ortho intramolecular Hbond substituents is 1. The fourth-order valence-corrected chi connectivity index (χ4v) is 2.99. The van der Waals surface area contributed by atoms with Crippen LogP contribution in [0.2, 0.25) is 5.02 Å². The molecular weight excluding hydrogens is 278 g/mol. The van der Waals surface area contributed by atoms with Crippen molar-refractivity contribution >= 4 is 22.9 Å². The van der Waals surface area contributed by atoms with E-state index < -0.39 is 0 Å². The van der Waals surface area contributed by atoms with Gasteiger partial charge in [0.2, 0.25) is 0 Å². The van der Waals surface area contributed by atoms with Gasteiger partial charge in [-0.1, -0.05) is 37.6 Å². The molecule has 0 aliphatic rings. The molecule has 0 spiro atoms. The van der Waals surface area contributed by atoms with Crippen molar-refractivity contribution in [1.82, 2.24) is 5.32 Å². The van der Waals surface area contributed by atoms with Crippen molar-refractivity contribution in [3.05, 3.63) is 51.2 Å². The molecule has 2 nitrogen and oxygen atoms in total. The van der Waals surface area contributed by atoms with Crippen LogP contribution in [0, 0.1) is 0 Å². The lowest BCUT2D eigenvalue weighted by molar-refractivity contribution is 0.471. The van der Waals surface area contributed by atoms with Gasteiger partial charge in [0.05, 0.1) is 5.02 Å². The smallest absolute Gasteiger partial charge is 0.134 e. The zero-order valence-electron chi connectivity index (χ0n) is 11.1. The van der Waals surface area contributed by atoms with Gasteiger partial charge in [0.25, 0.3) is 0 Å². The van der Waals surface area contributed by atoms with E-state index in [1.807, 2.05) is 6.07 Å². The van der Waals surface area contributed by atoms with Crippen LogP contribution in [0.4, 0.5) is 0 Å². The molecule has 0 fully saturated rings. The molecule has 0 bridgehead atoms. The Kier molecular flexibility index (Phi) is 4.50. The van der Waals surface area contributed by atoms with Crippen LogP contribution in [0.5, 0.6) is 5.75 Å². The van der Waals surface area contributed by atoms with E-state index in [2.05, 4.69) is 36.7 Å². The summed E-state index contributed by atoms with van der Waals surface area (Å²) in [7, 11) is 0. The molecule has 2 N–H and O–H groups in total. The summed E-state index contributed by atoms with van der Waals surface area (Å²) in [5.74, 6) is 0.129. The van der Waals surface area contributed by atoms with Gasteiger partial charge in [0.1, 0.15) is 5.75 Å². The Balaban J connectivity index is 1.91. The molecule has 1 aromatic heterocycles. The van der Waals surface area contributed by atoms with Gasteiger partial charge in [-0.05, 0) is 29.1 Å².